The molecule has 2 aliphatic rings. The summed E-state index contributed by atoms with van der Waals surface area (Å²) >= 11 is 0. The van der Waals surface area contributed by atoms with E-state index in [4.69, 9.17) is 4.74 Å². The Bertz CT molecular complexity index is 649. The van der Waals surface area contributed by atoms with E-state index in [0.29, 0.717) is 24.3 Å². The first-order valence-corrected chi connectivity index (χ1v) is 8.59. The Morgan fingerprint density at radius 1 is 1.25 bits per heavy atom. The van der Waals surface area contributed by atoms with E-state index in [9.17, 15) is 9.59 Å². The van der Waals surface area contributed by atoms with E-state index in [1.165, 1.54) is 12.8 Å². The molecule has 0 aromatic carbocycles. The van der Waals surface area contributed by atoms with Crippen LogP contribution in [0.4, 0.5) is 0 Å². The van der Waals surface area contributed by atoms with Crippen molar-refractivity contribution in [2.24, 2.45) is 5.92 Å². The van der Waals surface area contributed by atoms with E-state index in [1.807, 2.05) is 6.07 Å². The topological polar surface area (TPSA) is 80.3 Å². The first kappa shape index (κ1) is 16.7. The fourth-order valence-electron chi connectivity index (χ4n) is 2.60. The summed E-state index contributed by atoms with van der Waals surface area (Å²) in [5, 5.41) is 5.27. The summed E-state index contributed by atoms with van der Waals surface area (Å²) < 4.78 is 5.88. The number of ether oxygens (including phenoxy) is 1. The molecule has 6 heteroatoms. The van der Waals surface area contributed by atoms with Crippen molar-refractivity contribution in [3.05, 3.63) is 23.4 Å². The van der Waals surface area contributed by atoms with Crippen LogP contribution in [0.25, 0.3) is 0 Å². The molecule has 0 spiro atoms. The molecule has 3 rings (SSSR count). The average Bonchev–Trinajstić information content (AvgIpc) is 3.45. The van der Waals surface area contributed by atoms with Crippen LogP contribution in [0, 0.1) is 5.92 Å². The van der Waals surface area contributed by atoms with Gasteiger partial charge in [0.25, 0.3) is 5.91 Å². The van der Waals surface area contributed by atoms with Crippen molar-refractivity contribution >= 4 is 11.8 Å². The number of rotatable bonds is 7. The summed E-state index contributed by atoms with van der Waals surface area (Å²) in [5.41, 5.74) is 0.373. The molecule has 2 aliphatic carbocycles. The van der Waals surface area contributed by atoms with Crippen molar-refractivity contribution in [3.63, 3.8) is 0 Å². The van der Waals surface area contributed by atoms with E-state index >= 15 is 0 Å². The lowest BCUT2D eigenvalue weighted by Crippen LogP contribution is -2.54. The minimum absolute atomic E-state index is 0.254. The Balaban J connectivity index is 1.75. The molecule has 2 N–H and O–H groups in total. The largest absolute Gasteiger partial charge is 0.477 e. The molecule has 2 amide bonds. The number of aromatic nitrogens is 1. The van der Waals surface area contributed by atoms with Gasteiger partial charge in [0.05, 0.1) is 6.61 Å². The molecule has 0 radical (unpaired) electrons. The highest BCUT2D eigenvalue weighted by atomic mass is 16.5. The zero-order valence-electron chi connectivity index (χ0n) is 14.5. The molecule has 1 aromatic rings. The lowest BCUT2D eigenvalue weighted by atomic mass is 10.0. The van der Waals surface area contributed by atoms with E-state index in [-0.39, 0.29) is 17.5 Å². The van der Waals surface area contributed by atoms with Gasteiger partial charge < -0.3 is 15.4 Å². The number of nitrogens with one attached hydrogen (secondary N) is 2. The number of carbonyl (C=O) groups excluding carboxylic acids is 2. The summed E-state index contributed by atoms with van der Waals surface area (Å²) in [6, 6.07) is 3.65. The van der Waals surface area contributed by atoms with Gasteiger partial charge in [-0.1, -0.05) is 6.07 Å². The van der Waals surface area contributed by atoms with Gasteiger partial charge in [-0.15, -0.1) is 0 Å². The van der Waals surface area contributed by atoms with Gasteiger partial charge in [0.1, 0.15) is 11.2 Å². The summed E-state index contributed by atoms with van der Waals surface area (Å²) in [6.07, 6.45) is 4.71. The zero-order chi connectivity index (χ0) is 17.3. The third kappa shape index (κ3) is 3.86. The van der Waals surface area contributed by atoms with Crippen LogP contribution < -0.4 is 15.4 Å². The van der Waals surface area contributed by atoms with Gasteiger partial charge in [-0.25, -0.2) is 4.98 Å². The monoisotopic (exact) mass is 331 g/mol. The second-order valence-electron chi connectivity index (χ2n) is 7.28. The molecule has 1 heterocycles. The second-order valence-corrected chi connectivity index (χ2v) is 7.28. The van der Waals surface area contributed by atoms with Crippen molar-refractivity contribution in [1.29, 1.82) is 0 Å². The van der Waals surface area contributed by atoms with Crippen LogP contribution in [0.1, 0.15) is 61.5 Å². The Labute approximate surface area is 142 Å². The van der Waals surface area contributed by atoms with Crippen LogP contribution in [0.2, 0.25) is 0 Å². The predicted octanol–water partition coefficient (Wildman–Crippen LogP) is 2.00. The molecule has 2 saturated carbocycles. The first-order valence-electron chi connectivity index (χ1n) is 8.59. The van der Waals surface area contributed by atoms with Crippen LogP contribution >= 0.6 is 0 Å². The smallest absolute Gasteiger partial charge is 0.270 e. The minimum atomic E-state index is -1.00. The van der Waals surface area contributed by atoms with Gasteiger partial charge in [-0.2, -0.15) is 0 Å². The van der Waals surface area contributed by atoms with Crippen LogP contribution in [0.5, 0.6) is 5.88 Å². The number of carbonyl (C=O) groups is 2. The number of likely N-dealkylation sites (N-methyl/N-ethyl adjacent to an activating group) is 1. The summed E-state index contributed by atoms with van der Waals surface area (Å²) in [5.74, 6) is 1.09. The maximum Gasteiger partial charge on any atom is 0.270 e. The molecule has 130 valence electrons. The molecule has 0 atom stereocenters. The van der Waals surface area contributed by atoms with E-state index in [0.717, 1.165) is 18.4 Å². The molecule has 6 nitrogen and oxygen atoms in total. The maximum absolute atomic E-state index is 12.5. The maximum atomic E-state index is 12.5. The van der Waals surface area contributed by atoms with E-state index < -0.39 is 5.54 Å². The van der Waals surface area contributed by atoms with Gasteiger partial charge in [0.15, 0.2) is 0 Å². The van der Waals surface area contributed by atoms with Crippen LogP contribution in [0.3, 0.4) is 0 Å². The molecular weight excluding hydrogens is 306 g/mol. The molecule has 1 aromatic heterocycles. The Kier molecular flexibility index (Phi) is 4.47. The fourth-order valence-corrected chi connectivity index (χ4v) is 2.60. The van der Waals surface area contributed by atoms with Crippen LogP contribution in [-0.4, -0.2) is 36.0 Å². The molecule has 2 fully saturated rings. The Hall–Kier alpha value is -2.11. The second kappa shape index (κ2) is 6.42. The summed E-state index contributed by atoms with van der Waals surface area (Å²) in [6.45, 7) is 3.99. The first-order chi connectivity index (χ1) is 11.4. The summed E-state index contributed by atoms with van der Waals surface area (Å²) in [7, 11) is 1.54. The van der Waals surface area contributed by atoms with Crippen molar-refractivity contribution in [3.8, 4) is 5.88 Å². The third-order valence-corrected chi connectivity index (χ3v) is 4.51. The van der Waals surface area contributed by atoms with E-state index in [2.05, 4.69) is 15.6 Å². The molecular formula is C18H25N3O3. The number of pyridine rings is 1. The fraction of sp³-hybridized carbons (Fsp3) is 0.611. The normalized spacial score (nSPS) is 17.3. The van der Waals surface area contributed by atoms with Crippen molar-refractivity contribution in [2.45, 2.75) is 51.0 Å². The summed E-state index contributed by atoms with van der Waals surface area (Å²) in [4.78, 5) is 28.7. The van der Waals surface area contributed by atoms with E-state index in [1.54, 1.807) is 27.0 Å². The standard InChI is InChI=1S/C18H25N3O3/c1-18(2,17(23)19-3)21-15(22)14-9-8-13(12-6-7-12)16(20-14)24-10-11-4-5-11/h8-9,11-12H,4-7,10H2,1-3H3,(H,19,23)(H,21,22). The molecule has 0 bridgehead atoms. The zero-order valence-corrected chi connectivity index (χ0v) is 14.5. The quantitative estimate of drug-likeness (QED) is 0.801. The van der Waals surface area contributed by atoms with Crippen molar-refractivity contribution < 1.29 is 14.3 Å². The molecule has 0 aliphatic heterocycles. The van der Waals surface area contributed by atoms with Gasteiger partial charge in [-0.05, 0) is 57.4 Å². The number of hydrogen-bond acceptors (Lipinski definition) is 4. The number of nitrogens with zero attached hydrogens (tertiary/aromatic N) is 1. The Morgan fingerprint density at radius 3 is 2.54 bits per heavy atom. The molecule has 0 saturated heterocycles. The predicted molar refractivity (Wildman–Crippen MR) is 90.0 cm³/mol. The average molecular weight is 331 g/mol. The van der Waals surface area contributed by atoms with Gasteiger partial charge in [0, 0.05) is 12.6 Å². The minimum Gasteiger partial charge on any atom is -0.477 e. The SMILES string of the molecule is CNC(=O)C(C)(C)NC(=O)c1ccc(C2CC2)c(OCC2CC2)n1. The Morgan fingerprint density at radius 2 is 1.96 bits per heavy atom. The highest BCUT2D eigenvalue weighted by Gasteiger charge is 2.32. The van der Waals surface area contributed by atoms with Crippen LogP contribution in [-0.2, 0) is 4.79 Å². The number of hydrogen-bond donors (Lipinski definition) is 2. The van der Waals surface area contributed by atoms with Crippen LogP contribution in [0.15, 0.2) is 12.1 Å². The lowest BCUT2D eigenvalue weighted by Gasteiger charge is -2.24. The highest BCUT2D eigenvalue weighted by Crippen LogP contribution is 2.44. The van der Waals surface area contributed by atoms with Gasteiger partial charge in [-0.3, -0.25) is 9.59 Å². The third-order valence-electron chi connectivity index (χ3n) is 4.51. The highest BCUT2D eigenvalue weighted by molar-refractivity contribution is 5.97. The number of amides is 2. The van der Waals surface area contributed by atoms with Gasteiger partial charge in [0.2, 0.25) is 11.8 Å². The lowest BCUT2D eigenvalue weighted by molar-refractivity contribution is -0.125. The molecule has 0 unspecified atom stereocenters. The van der Waals surface area contributed by atoms with Crippen molar-refractivity contribution in [2.75, 3.05) is 13.7 Å². The molecule has 24 heavy (non-hydrogen) atoms. The van der Waals surface area contributed by atoms with Crippen molar-refractivity contribution in [1.82, 2.24) is 15.6 Å². The van der Waals surface area contributed by atoms with Gasteiger partial charge >= 0.3 is 0 Å².